The van der Waals surface area contributed by atoms with Crippen LogP contribution in [-0.2, 0) is 22.5 Å². The highest BCUT2D eigenvalue weighted by atomic mass is 32.1. The zero-order valence-electron chi connectivity index (χ0n) is 12.0. The second kappa shape index (κ2) is 6.13. The molecule has 2 N–H and O–H groups in total. The Bertz CT molecular complexity index is 552. The Kier molecular flexibility index (Phi) is 4.23. The fourth-order valence-electron chi connectivity index (χ4n) is 2.68. The van der Waals surface area contributed by atoms with Gasteiger partial charge in [-0.05, 0) is 18.1 Å². The lowest BCUT2D eigenvalue weighted by molar-refractivity contribution is -0.146. The largest absolute Gasteiger partial charge is 0.366 e. The number of hydrogen-bond donors (Lipinski definition) is 2. The number of nitrogens with one attached hydrogen (secondary N) is 2. The molecule has 1 aromatic heterocycles. The molecule has 3 heterocycles. The van der Waals surface area contributed by atoms with E-state index in [1.165, 1.54) is 16.2 Å². The third-order valence-electron chi connectivity index (χ3n) is 3.83. The summed E-state index contributed by atoms with van der Waals surface area (Å²) < 4.78 is 5.53. The van der Waals surface area contributed by atoms with Crippen LogP contribution >= 0.6 is 11.3 Å². The van der Waals surface area contributed by atoms with Gasteiger partial charge in [-0.1, -0.05) is 0 Å². The zero-order chi connectivity index (χ0) is 14.8. The maximum absolute atomic E-state index is 12.4. The molecule has 1 aromatic rings. The number of nitrogens with zero attached hydrogens (tertiary/aromatic N) is 1. The third kappa shape index (κ3) is 2.95. The average Bonchev–Trinajstić information content (AvgIpc) is 2.97. The second-order valence-electron chi connectivity index (χ2n) is 5.21. The van der Waals surface area contributed by atoms with Gasteiger partial charge in [0.25, 0.3) is 11.8 Å². The molecule has 21 heavy (non-hydrogen) atoms. The van der Waals surface area contributed by atoms with Crippen molar-refractivity contribution in [1.29, 1.82) is 0 Å². The number of amides is 2. The van der Waals surface area contributed by atoms with Gasteiger partial charge in [0.2, 0.25) is 0 Å². The van der Waals surface area contributed by atoms with E-state index in [-0.39, 0.29) is 17.9 Å². The zero-order valence-corrected chi connectivity index (χ0v) is 12.8. The molecular formula is C14H19N3O3S. The van der Waals surface area contributed by atoms with E-state index in [9.17, 15) is 9.59 Å². The predicted molar refractivity (Wildman–Crippen MR) is 79.4 cm³/mol. The summed E-state index contributed by atoms with van der Waals surface area (Å²) in [6, 6.07) is 1.90. The van der Waals surface area contributed by atoms with Crippen LogP contribution in [0.4, 0.5) is 0 Å². The molecule has 0 bridgehead atoms. The van der Waals surface area contributed by atoms with E-state index in [4.69, 9.17) is 4.74 Å². The molecule has 2 aliphatic heterocycles. The van der Waals surface area contributed by atoms with Gasteiger partial charge in [0.05, 0.1) is 11.5 Å². The fraction of sp³-hybridized carbons (Fsp3) is 0.571. The molecule has 2 aliphatic rings. The van der Waals surface area contributed by atoms with E-state index in [0.29, 0.717) is 31.1 Å². The van der Waals surface area contributed by atoms with Gasteiger partial charge in [-0.15, -0.1) is 11.3 Å². The number of carbonyl (C=O) groups is 2. The van der Waals surface area contributed by atoms with Crippen molar-refractivity contribution in [2.45, 2.75) is 19.1 Å². The summed E-state index contributed by atoms with van der Waals surface area (Å²) in [7, 11) is 1.63. The Hall–Kier alpha value is -1.44. The Labute approximate surface area is 127 Å². The Morgan fingerprint density at radius 1 is 1.52 bits per heavy atom. The molecule has 0 aromatic carbocycles. The van der Waals surface area contributed by atoms with Crippen LogP contribution in [-0.4, -0.2) is 56.1 Å². The maximum Gasteiger partial charge on any atom is 0.261 e. The van der Waals surface area contributed by atoms with Gasteiger partial charge in [-0.25, -0.2) is 0 Å². The summed E-state index contributed by atoms with van der Waals surface area (Å²) >= 11 is 1.52. The monoisotopic (exact) mass is 309 g/mol. The predicted octanol–water partition coefficient (Wildman–Crippen LogP) is -0.0192. The van der Waals surface area contributed by atoms with E-state index < -0.39 is 0 Å². The van der Waals surface area contributed by atoms with Crippen molar-refractivity contribution in [2.75, 3.05) is 33.3 Å². The van der Waals surface area contributed by atoms with Crippen LogP contribution in [0, 0.1) is 0 Å². The summed E-state index contributed by atoms with van der Waals surface area (Å²) in [6.07, 6.45) is 0.431. The normalized spacial score (nSPS) is 21.8. The number of carbonyl (C=O) groups excluding carboxylic acids is 2. The van der Waals surface area contributed by atoms with Crippen LogP contribution in [0.15, 0.2) is 6.07 Å². The molecule has 1 atom stereocenters. The molecule has 3 rings (SSSR count). The maximum atomic E-state index is 12.4. The first-order valence-electron chi connectivity index (χ1n) is 7.14. The Morgan fingerprint density at radius 3 is 3.10 bits per heavy atom. The van der Waals surface area contributed by atoms with Crippen LogP contribution in [0.5, 0.6) is 0 Å². The first kappa shape index (κ1) is 14.5. The lowest BCUT2D eigenvalue weighted by Crippen LogP contribution is -2.50. The molecule has 0 unspecified atom stereocenters. The van der Waals surface area contributed by atoms with Crippen molar-refractivity contribution < 1.29 is 14.3 Å². The third-order valence-corrected chi connectivity index (χ3v) is 5.07. The van der Waals surface area contributed by atoms with Gasteiger partial charge in [-0.2, -0.15) is 0 Å². The highest BCUT2D eigenvalue weighted by molar-refractivity contribution is 7.14. The summed E-state index contributed by atoms with van der Waals surface area (Å²) in [5, 5.41) is 5.82. The highest BCUT2D eigenvalue weighted by Gasteiger charge is 2.30. The fourth-order valence-corrected chi connectivity index (χ4v) is 3.79. The number of morpholine rings is 1. The lowest BCUT2D eigenvalue weighted by atomic mass is 10.1. The van der Waals surface area contributed by atoms with Gasteiger partial charge in [0, 0.05) is 38.1 Å². The number of rotatable bonds is 2. The highest BCUT2D eigenvalue weighted by Crippen LogP contribution is 2.28. The van der Waals surface area contributed by atoms with Crippen LogP contribution in [0.25, 0.3) is 0 Å². The molecule has 0 saturated carbocycles. The Morgan fingerprint density at radius 2 is 2.38 bits per heavy atom. The van der Waals surface area contributed by atoms with E-state index in [2.05, 4.69) is 10.6 Å². The molecule has 114 valence electrons. The molecule has 1 fully saturated rings. The molecule has 0 spiro atoms. The van der Waals surface area contributed by atoms with Crippen LogP contribution in [0.2, 0.25) is 0 Å². The quantitative estimate of drug-likeness (QED) is 0.805. The van der Waals surface area contributed by atoms with Crippen molar-refractivity contribution in [1.82, 2.24) is 15.5 Å². The van der Waals surface area contributed by atoms with Gasteiger partial charge in [-0.3, -0.25) is 9.59 Å². The van der Waals surface area contributed by atoms with Gasteiger partial charge in [0.1, 0.15) is 6.10 Å². The molecule has 6 nitrogen and oxygen atoms in total. The number of ether oxygens (including phenoxy) is 1. The first-order chi connectivity index (χ1) is 10.2. The van der Waals surface area contributed by atoms with Crippen molar-refractivity contribution in [3.63, 3.8) is 0 Å². The molecule has 0 aliphatic carbocycles. The average molecular weight is 309 g/mol. The van der Waals surface area contributed by atoms with Crippen LogP contribution < -0.4 is 10.6 Å². The van der Waals surface area contributed by atoms with Crippen molar-refractivity contribution in [3.8, 4) is 0 Å². The van der Waals surface area contributed by atoms with E-state index in [0.717, 1.165) is 18.5 Å². The molecule has 0 radical (unpaired) electrons. The topological polar surface area (TPSA) is 70.7 Å². The van der Waals surface area contributed by atoms with Crippen LogP contribution in [0.3, 0.4) is 0 Å². The Balaban J connectivity index is 1.70. The summed E-state index contributed by atoms with van der Waals surface area (Å²) in [6.45, 7) is 3.22. The van der Waals surface area contributed by atoms with E-state index in [1.807, 2.05) is 11.0 Å². The molecule has 7 heteroatoms. The number of hydrogen-bond acceptors (Lipinski definition) is 5. The van der Waals surface area contributed by atoms with Gasteiger partial charge in [0.15, 0.2) is 0 Å². The summed E-state index contributed by atoms with van der Waals surface area (Å²) in [5.74, 6) is -0.0207. The standard InChI is InChI=1S/C14H19N3O3S/c1-15-13(18)12-6-9-8-17(4-2-11(9)21-12)14(19)10-7-16-3-5-20-10/h6,10,16H,2-5,7-8H2,1H3,(H,15,18)/t10-/m0/s1. The molecule has 2 amide bonds. The van der Waals surface area contributed by atoms with Crippen LogP contribution in [0.1, 0.15) is 20.1 Å². The minimum atomic E-state index is -0.377. The smallest absolute Gasteiger partial charge is 0.261 e. The van der Waals surface area contributed by atoms with Crippen molar-refractivity contribution in [2.24, 2.45) is 0 Å². The van der Waals surface area contributed by atoms with Gasteiger partial charge < -0.3 is 20.3 Å². The molecular weight excluding hydrogens is 290 g/mol. The first-order valence-corrected chi connectivity index (χ1v) is 7.95. The summed E-state index contributed by atoms with van der Waals surface area (Å²) in [5.41, 5.74) is 1.09. The van der Waals surface area contributed by atoms with E-state index in [1.54, 1.807) is 7.05 Å². The minimum absolute atomic E-state index is 0.0422. The minimum Gasteiger partial charge on any atom is -0.366 e. The second-order valence-corrected chi connectivity index (χ2v) is 6.35. The van der Waals surface area contributed by atoms with Crippen molar-refractivity contribution >= 4 is 23.2 Å². The number of fused-ring (bicyclic) bond motifs is 1. The SMILES string of the molecule is CNC(=O)c1cc2c(s1)CCN(C(=O)[C@@H]1CNCCO1)C2. The number of thiophene rings is 1. The van der Waals surface area contributed by atoms with Crippen molar-refractivity contribution in [3.05, 3.63) is 21.4 Å². The van der Waals surface area contributed by atoms with E-state index >= 15 is 0 Å². The lowest BCUT2D eigenvalue weighted by Gasteiger charge is -2.32. The molecule has 1 saturated heterocycles. The van der Waals surface area contributed by atoms with Gasteiger partial charge >= 0.3 is 0 Å². The summed E-state index contributed by atoms with van der Waals surface area (Å²) in [4.78, 5) is 27.9.